The molecule has 1 atom stereocenters. The van der Waals surface area contributed by atoms with E-state index in [1.165, 1.54) is 0 Å². The number of carbonyl (C=O) groups excluding carboxylic acids is 1. The maximum atomic E-state index is 14.0. The van der Waals surface area contributed by atoms with E-state index in [0.717, 1.165) is 44.5 Å². The summed E-state index contributed by atoms with van der Waals surface area (Å²) in [7, 11) is 0. The molecule has 0 fully saturated rings. The summed E-state index contributed by atoms with van der Waals surface area (Å²) in [5, 5.41) is 0. The molecule has 0 amide bonds. The second-order valence-corrected chi connectivity index (χ2v) is 8.06. The molecular formula is C30H20O. The summed E-state index contributed by atoms with van der Waals surface area (Å²) in [6.07, 6.45) is 3.71. The zero-order valence-corrected chi connectivity index (χ0v) is 17.0. The van der Waals surface area contributed by atoms with Gasteiger partial charge in [-0.05, 0) is 50.6 Å². The van der Waals surface area contributed by atoms with Gasteiger partial charge < -0.3 is 0 Å². The van der Waals surface area contributed by atoms with E-state index in [2.05, 4.69) is 78.9 Å². The molecule has 4 aromatic rings. The third-order valence-corrected chi connectivity index (χ3v) is 6.50. The van der Waals surface area contributed by atoms with E-state index < -0.39 is 5.41 Å². The molecule has 0 radical (unpaired) electrons. The largest absolute Gasteiger partial charge is 0.293 e. The predicted molar refractivity (Wildman–Crippen MR) is 127 cm³/mol. The van der Waals surface area contributed by atoms with Crippen LogP contribution in [0.1, 0.15) is 33.4 Å². The van der Waals surface area contributed by atoms with Crippen LogP contribution < -0.4 is 0 Å². The number of fused-ring (bicyclic) bond motifs is 4. The van der Waals surface area contributed by atoms with Gasteiger partial charge in [0.15, 0.2) is 5.78 Å². The molecule has 0 saturated heterocycles. The Balaban J connectivity index is 1.83. The molecule has 0 heterocycles. The van der Waals surface area contributed by atoms with Crippen molar-refractivity contribution in [1.29, 1.82) is 0 Å². The zero-order valence-electron chi connectivity index (χ0n) is 17.0. The molecule has 2 aliphatic carbocycles. The standard InChI is InChI=1S/C30H20O/c31-27-20-19-21-11-7-9-17-25(21)30(27)26-18-10-8-16-24(26)28(22-12-3-1-4-13-22)29(30)23-14-5-2-6-15-23/h1-20H/t30-/m0/s1. The maximum absolute atomic E-state index is 14.0. The third-order valence-electron chi connectivity index (χ3n) is 6.50. The number of hydrogen-bond donors (Lipinski definition) is 0. The molecule has 6 rings (SSSR count). The summed E-state index contributed by atoms with van der Waals surface area (Å²) in [5.74, 6) is 0.114. The molecule has 1 nitrogen and oxygen atoms in total. The van der Waals surface area contributed by atoms with E-state index in [9.17, 15) is 4.79 Å². The highest BCUT2D eigenvalue weighted by molar-refractivity contribution is 6.24. The average Bonchev–Trinajstić information content (AvgIpc) is 3.15. The molecule has 31 heavy (non-hydrogen) atoms. The van der Waals surface area contributed by atoms with Gasteiger partial charge in [-0.1, -0.05) is 115 Å². The van der Waals surface area contributed by atoms with Crippen LogP contribution in [0.25, 0.3) is 17.2 Å². The molecule has 0 aromatic heterocycles. The summed E-state index contributed by atoms with van der Waals surface area (Å²) in [4.78, 5) is 14.0. The Kier molecular flexibility index (Phi) is 3.91. The van der Waals surface area contributed by atoms with E-state index in [-0.39, 0.29) is 5.78 Å². The summed E-state index contributed by atoms with van der Waals surface area (Å²) in [5.41, 5.74) is 7.92. The molecule has 4 aromatic carbocycles. The summed E-state index contributed by atoms with van der Waals surface area (Å²) >= 11 is 0. The van der Waals surface area contributed by atoms with Gasteiger partial charge in [-0.2, -0.15) is 0 Å². The Morgan fingerprint density at radius 2 is 1.10 bits per heavy atom. The second kappa shape index (κ2) is 6.78. The minimum atomic E-state index is -0.853. The number of hydrogen-bond acceptors (Lipinski definition) is 1. The molecule has 1 heteroatoms. The topological polar surface area (TPSA) is 17.1 Å². The quantitative estimate of drug-likeness (QED) is 0.376. The van der Waals surface area contributed by atoms with Gasteiger partial charge in [0, 0.05) is 0 Å². The van der Waals surface area contributed by atoms with Crippen LogP contribution in [-0.2, 0) is 10.2 Å². The van der Waals surface area contributed by atoms with Crippen LogP contribution in [-0.4, -0.2) is 5.78 Å². The summed E-state index contributed by atoms with van der Waals surface area (Å²) < 4.78 is 0. The lowest BCUT2D eigenvalue weighted by Crippen LogP contribution is -2.38. The highest BCUT2D eigenvalue weighted by Gasteiger charge is 2.53. The van der Waals surface area contributed by atoms with Crippen LogP contribution in [0.3, 0.4) is 0 Å². The van der Waals surface area contributed by atoms with Gasteiger partial charge in [0.2, 0.25) is 0 Å². The van der Waals surface area contributed by atoms with Crippen molar-refractivity contribution in [2.45, 2.75) is 5.41 Å². The summed E-state index contributed by atoms with van der Waals surface area (Å²) in [6, 6.07) is 37.5. The van der Waals surface area contributed by atoms with Crippen LogP contribution in [0.4, 0.5) is 0 Å². The fourth-order valence-electron chi connectivity index (χ4n) is 5.30. The van der Waals surface area contributed by atoms with Crippen molar-refractivity contribution >= 4 is 23.0 Å². The van der Waals surface area contributed by atoms with E-state index in [1.807, 2.05) is 36.4 Å². The molecule has 1 spiro atoms. The molecule has 2 aliphatic rings. The SMILES string of the molecule is O=C1C=Cc2ccccc2[C@@]12C(c1ccccc1)=C(c1ccccc1)c1ccccc12. The lowest BCUT2D eigenvalue weighted by molar-refractivity contribution is -0.116. The van der Waals surface area contributed by atoms with Crippen molar-refractivity contribution in [3.05, 3.63) is 149 Å². The van der Waals surface area contributed by atoms with Crippen LogP contribution in [0, 0.1) is 0 Å². The molecule has 0 N–H and O–H groups in total. The van der Waals surface area contributed by atoms with Crippen molar-refractivity contribution < 1.29 is 4.79 Å². The van der Waals surface area contributed by atoms with E-state index >= 15 is 0 Å². The molecule has 146 valence electrons. The molecule has 0 bridgehead atoms. The van der Waals surface area contributed by atoms with E-state index in [4.69, 9.17) is 0 Å². The fourth-order valence-corrected chi connectivity index (χ4v) is 5.30. The van der Waals surface area contributed by atoms with Crippen molar-refractivity contribution in [2.75, 3.05) is 0 Å². The number of allylic oxidation sites excluding steroid dienone is 2. The van der Waals surface area contributed by atoms with Crippen molar-refractivity contribution in [1.82, 2.24) is 0 Å². The Hall–Kier alpha value is -3.97. The van der Waals surface area contributed by atoms with E-state index in [0.29, 0.717) is 0 Å². The number of ketones is 1. The average molecular weight is 396 g/mol. The molecule has 0 aliphatic heterocycles. The molecular weight excluding hydrogens is 376 g/mol. The first-order valence-corrected chi connectivity index (χ1v) is 10.6. The van der Waals surface area contributed by atoms with Gasteiger partial charge in [-0.25, -0.2) is 0 Å². The predicted octanol–water partition coefficient (Wildman–Crippen LogP) is 6.54. The first-order chi connectivity index (χ1) is 15.3. The first-order valence-electron chi connectivity index (χ1n) is 10.6. The smallest absolute Gasteiger partial charge is 0.175 e. The van der Waals surface area contributed by atoms with Gasteiger partial charge in [-0.15, -0.1) is 0 Å². The van der Waals surface area contributed by atoms with Gasteiger partial charge in [0.25, 0.3) is 0 Å². The van der Waals surface area contributed by atoms with Gasteiger partial charge in [0.05, 0.1) is 0 Å². The van der Waals surface area contributed by atoms with Crippen molar-refractivity contribution in [3.8, 4) is 0 Å². The minimum absolute atomic E-state index is 0.114. The highest BCUT2D eigenvalue weighted by atomic mass is 16.1. The normalized spacial score (nSPS) is 18.9. The lowest BCUT2D eigenvalue weighted by atomic mass is 9.63. The van der Waals surface area contributed by atoms with Crippen LogP contribution in [0.15, 0.2) is 115 Å². The fraction of sp³-hybridized carbons (Fsp3) is 0.0333. The van der Waals surface area contributed by atoms with Gasteiger partial charge in [0.1, 0.15) is 5.41 Å². The number of rotatable bonds is 2. The van der Waals surface area contributed by atoms with Gasteiger partial charge >= 0.3 is 0 Å². The van der Waals surface area contributed by atoms with Crippen molar-refractivity contribution in [3.63, 3.8) is 0 Å². The third kappa shape index (κ3) is 2.41. The number of carbonyl (C=O) groups is 1. The van der Waals surface area contributed by atoms with Crippen LogP contribution in [0.2, 0.25) is 0 Å². The number of benzene rings is 4. The van der Waals surface area contributed by atoms with E-state index in [1.54, 1.807) is 6.08 Å². The molecule has 0 unspecified atom stereocenters. The first kappa shape index (κ1) is 17.9. The van der Waals surface area contributed by atoms with Crippen LogP contribution >= 0.6 is 0 Å². The molecule has 0 saturated carbocycles. The monoisotopic (exact) mass is 396 g/mol. The minimum Gasteiger partial charge on any atom is -0.293 e. The zero-order chi connectivity index (χ0) is 20.8. The second-order valence-electron chi connectivity index (χ2n) is 8.06. The van der Waals surface area contributed by atoms with Crippen LogP contribution in [0.5, 0.6) is 0 Å². The Bertz CT molecular complexity index is 1380. The van der Waals surface area contributed by atoms with Crippen molar-refractivity contribution in [2.24, 2.45) is 0 Å². The highest BCUT2D eigenvalue weighted by Crippen LogP contribution is 2.58. The Morgan fingerprint density at radius 1 is 0.516 bits per heavy atom. The lowest BCUT2D eigenvalue weighted by Gasteiger charge is -2.36. The Morgan fingerprint density at radius 3 is 1.84 bits per heavy atom. The summed E-state index contributed by atoms with van der Waals surface area (Å²) in [6.45, 7) is 0. The maximum Gasteiger partial charge on any atom is 0.175 e. The Labute approximate surface area is 182 Å². The van der Waals surface area contributed by atoms with Gasteiger partial charge in [-0.3, -0.25) is 4.79 Å².